The molecule has 0 radical (unpaired) electrons. The number of carbonyl (C=O) groups is 1. The smallest absolute Gasteiger partial charge is 0.354 e. The van der Waals surface area contributed by atoms with Crippen molar-refractivity contribution in [1.82, 2.24) is 4.98 Å². The van der Waals surface area contributed by atoms with E-state index < -0.39 is 5.97 Å². The maximum absolute atomic E-state index is 10.7. The van der Waals surface area contributed by atoms with Crippen LogP contribution in [0.15, 0.2) is 12.3 Å². The average molecular weight is 207 g/mol. The van der Waals surface area contributed by atoms with Gasteiger partial charge in [0.15, 0.2) is 5.69 Å². The molecule has 0 aromatic carbocycles. The van der Waals surface area contributed by atoms with E-state index in [4.69, 9.17) is 9.84 Å². The largest absolute Gasteiger partial charge is 0.490 e. The molecule has 0 bridgehead atoms. The van der Waals surface area contributed by atoms with Crippen molar-refractivity contribution >= 4 is 5.97 Å². The molecule has 0 saturated heterocycles. The van der Waals surface area contributed by atoms with Crippen LogP contribution in [-0.2, 0) is 6.42 Å². The van der Waals surface area contributed by atoms with Crippen molar-refractivity contribution in [3.8, 4) is 5.75 Å². The zero-order chi connectivity index (χ0) is 10.8. The molecule has 1 N–H and O–H groups in total. The third kappa shape index (κ3) is 2.26. The zero-order valence-electron chi connectivity index (χ0n) is 8.56. The highest BCUT2D eigenvalue weighted by molar-refractivity contribution is 5.85. The minimum Gasteiger partial charge on any atom is -0.490 e. The SMILES string of the molecule is CCc1cnc(C(=O)O)cc1OC1CC1. The second-order valence-electron chi connectivity index (χ2n) is 3.65. The van der Waals surface area contributed by atoms with Crippen LogP contribution in [0.3, 0.4) is 0 Å². The van der Waals surface area contributed by atoms with Gasteiger partial charge in [-0.2, -0.15) is 0 Å². The Morgan fingerprint density at radius 2 is 2.40 bits per heavy atom. The van der Waals surface area contributed by atoms with Gasteiger partial charge in [-0.05, 0) is 19.3 Å². The third-order valence-electron chi connectivity index (χ3n) is 2.36. The van der Waals surface area contributed by atoms with Crippen molar-refractivity contribution < 1.29 is 14.6 Å². The molecule has 2 rings (SSSR count). The number of aromatic carboxylic acids is 1. The third-order valence-corrected chi connectivity index (χ3v) is 2.36. The van der Waals surface area contributed by atoms with Crippen molar-refractivity contribution in [3.63, 3.8) is 0 Å². The molecule has 1 heterocycles. The fraction of sp³-hybridized carbons (Fsp3) is 0.455. The Kier molecular flexibility index (Phi) is 2.58. The van der Waals surface area contributed by atoms with E-state index in [1.165, 1.54) is 6.07 Å². The van der Waals surface area contributed by atoms with Crippen molar-refractivity contribution in [1.29, 1.82) is 0 Å². The summed E-state index contributed by atoms with van der Waals surface area (Å²) in [6.45, 7) is 2.00. The molecule has 0 unspecified atom stereocenters. The molecule has 4 nitrogen and oxygen atoms in total. The Balaban J connectivity index is 2.28. The summed E-state index contributed by atoms with van der Waals surface area (Å²) < 4.78 is 5.63. The summed E-state index contributed by atoms with van der Waals surface area (Å²) >= 11 is 0. The summed E-state index contributed by atoms with van der Waals surface area (Å²) in [4.78, 5) is 14.6. The normalized spacial score (nSPS) is 15.0. The highest BCUT2D eigenvalue weighted by Gasteiger charge is 2.25. The van der Waals surface area contributed by atoms with Gasteiger partial charge in [-0.25, -0.2) is 9.78 Å². The number of carboxylic acid groups (broad SMARTS) is 1. The molecular formula is C11H13NO3. The lowest BCUT2D eigenvalue weighted by Gasteiger charge is -2.09. The van der Waals surface area contributed by atoms with E-state index in [9.17, 15) is 4.79 Å². The molecule has 1 fully saturated rings. The summed E-state index contributed by atoms with van der Waals surface area (Å²) in [5, 5.41) is 8.80. The number of pyridine rings is 1. The van der Waals surface area contributed by atoms with Gasteiger partial charge < -0.3 is 9.84 Å². The van der Waals surface area contributed by atoms with Crippen LogP contribution in [0.2, 0.25) is 0 Å². The molecule has 0 aliphatic heterocycles. The summed E-state index contributed by atoms with van der Waals surface area (Å²) in [7, 11) is 0. The lowest BCUT2D eigenvalue weighted by molar-refractivity contribution is 0.0689. The van der Waals surface area contributed by atoms with Gasteiger partial charge in [0.1, 0.15) is 5.75 Å². The summed E-state index contributed by atoms with van der Waals surface area (Å²) in [5.74, 6) is -0.342. The quantitative estimate of drug-likeness (QED) is 0.818. The van der Waals surface area contributed by atoms with Gasteiger partial charge in [-0.3, -0.25) is 0 Å². The zero-order valence-corrected chi connectivity index (χ0v) is 8.56. The lowest BCUT2D eigenvalue weighted by Crippen LogP contribution is -2.05. The topological polar surface area (TPSA) is 59.4 Å². The van der Waals surface area contributed by atoms with Gasteiger partial charge in [0, 0.05) is 17.8 Å². The Hall–Kier alpha value is -1.58. The number of hydrogen-bond donors (Lipinski definition) is 1. The van der Waals surface area contributed by atoms with Crippen LogP contribution in [0.1, 0.15) is 35.8 Å². The number of carboxylic acids is 1. The molecule has 1 aliphatic carbocycles. The molecule has 0 spiro atoms. The van der Waals surface area contributed by atoms with E-state index >= 15 is 0 Å². The van der Waals surface area contributed by atoms with Crippen LogP contribution in [-0.4, -0.2) is 22.2 Å². The van der Waals surface area contributed by atoms with Crippen molar-refractivity contribution in [2.45, 2.75) is 32.3 Å². The van der Waals surface area contributed by atoms with Crippen molar-refractivity contribution in [3.05, 3.63) is 23.5 Å². The minimum absolute atomic E-state index is 0.0443. The van der Waals surface area contributed by atoms with Crippen molar-refractivity contribution in [2.75, 3.05) is 0 Å². The maximum atomic E-state index is 10.7. The van der Waals surface area contributed by atoms with Crippen LogP contribution in [0.5, 0.6) is 5.75 Å². The van der Waals surface area contributed by atoms with E-state index in [1.807, 2.05) is 6.92 Å². The van der Waals surface area contributed by atoms with Crippen LogP contribution >= 0.6 is 0 Å². The maximum Gasteiger partial charge on any atom is 0.354 e. The molecule has 1 aromatic heterocycles. The van der Waals surface area contributed by atoms with Crippen LogP contribution < -0.4 is 4.74 Å². The predicted molar refractivity (Wildman–Crippen MR) is 54.2 cm³/mol. The first kappa shape index (κ1) is 9.96. The first-order chi connectivity index (χ1) is 7.20. The van der Waals surface area contributed by atoms with Crippen LogP contribution in [0.4, 0.5) is 0 Å². The molecule has 15 heavy (non-hydrogen) atoms. The molecule has 0 amide bonds. The van der Waals surface area contributed by atoms with Gasteiger partial charge in [0.05, 0.1) is 6.10 Å². The number of nitrogens with zero attached hydrogens (tertiary/aromatic N) is 1. The number of hydrogen-bond acceptors (Lipinski definition) is 3. The van der Waals surface area contributed by atoms with Gasteiger partial charge in [-0.1, -0.05) is 6.92 Å². The highest BCUT2D eigenvalue weighted by atomic mass is 16.5. The number of ether oxygens (including phenoxy) is 1. The summed E-state index contributed by atoms with van der Waals surface area (Å²) in [6.07, 6.45) is 4.79. The summed E-state index contributed by atoms with van der Waals surface area (Å²) in [5.41, 5.74) is 1.01. The molecule has 0 atom stereocenters. The van der Waals surface area contributed by atoms with E-state index in [2.05, 4.69) is 4.98 Å². The van der Waals surface area contributed by atoms with Gasteiger partial charge in [-0.15, -0.1) is 0 Å². The predicted octanol–water partition coefficient (Wildman–Crippen LogP) is 1.88. The van der Waals surface area contributed by atoms with Gasteiger partial charge >= 0.3 is 5.97 Å². The first-order valence-electron chi connectivity index (χ1n) is 5.09. The Morgan fingerprint density at radius 1 is 1.67 bits per heavy atom. The average Bonchev–Trinajstić information content (AvgIpc) is 3.01. The van der Waals surface area contributed by atoms with Crippen LogP contribution in [0, 0.1) is 0 Å². The molecule has 1 aromatic rings. The van der Waals surface area contributed by atoms with E-state index in [1.54, 1.807) is 6.20 Å². The van der Waals surface area contributed by atoms with Crippen LogP contribution in [0.25, 0.3) is 0 Å². The Labute approximate surface area is 87.9 Å². The first-order valence-corrected chi connectivity index (χ1v) is 5.09. The molecule has 4 heteroatoms. The molecule has 1 saturated carbocycles. The molecular weight excluding hydrogens is 194 g/mol. The second kappa shape index (κ2) is 3.88. The van der Waals surface area contributed by atoms with Gasteiger partial charge in [0.2, 0.25) is 0 Å². The standard InChI is InChI=1S/C11H13NO3/c1-2-7-6-12-9(11(13)14)5-10(7)15-8-3-4-8/h5-6,8H,2-4H2,1H3,(H,13,14). The highest BCUT2D eigenvalue weighted by Crippen LogP contribution is 2.29. The fourth-order valence-corrected chi connectivity index (χ4v) is 1.32. The van der Waals surface area contributed by atoms with E-state index in [0.29, 0.717) is 5.75 Å². The lowest BCUT2D eigenvalue weighted by atomic mass is 10.2. The minimum atomic E-state index is -1.02. The Bertz CT molecular complexity index is 385. The fourth-order valence-electron chi connectivity index (χ4n) is 1.32. The second-order valence-corrected chi connectivity index (χ2v) is 3.65. The molecule has 80 valence electrons. The van der Waals surface area contributed by atoms with Crippen molar-refractivity contribution in [2.24, 2.45) is 0 Å². The number of rotatable bonds is 4. The summed E-state index contributed by atoms with van der Waals surface area (Å²) in [6, 6.07) is 1.51. The number of aromatic nitrogens is 1. The van der Waals surface area contributed by atoms with E-state index in [-0.39, 0.29) is 11.8 Å². The Morgan fingerprint density at radius 3 is 2.93 bits per heavy atom. The van der Waals surface area contributed by atoms with Gasteiger partial charge in [0.25, 0.3) is 0 Å². The monoisotopic (exact) mass is 207 g/mol. The van der Waals surface area contributed by atoms with E-state index in [0.717, 1.165) is 24.8 Å². The number of aryl methyl sites for hydroxylation is 1. The molecule has 1 aliphatic rings.